The summed E-state index contributed by atoms with van der Waals surface area (Å²) in [6.45, 7) is 0. The fraction of sp³-hybridized carbons (Fsp3) is 0. The molecule has 5 heteroatoms. The van der Waals surface area contributed by atoms with E-state index >= 15 is 0 Å². The Bertz CT molecular complexity index is 772. The molecular formula is C15H10BrN3O. The lowest BCUT2D eigenvalue weighted by molar-refractivity contribution is 1.36. The fourth-order valence-corrected chi connectivity index (χ4v) is 2.30. The molecule has 0 unspecified atom stereocenters. The van der Waals surface area contributed by atoms with Gasteiger partial charge in [-0.25, -0.2) is 0 Å². The van der Waals surface area contributed by atoms with Crippen LogP contribution in [0.15, 0.2) is 64.5 Å². The van der Waals surface area contributed by atoms with Crippen LogP contribution in [0.25, 0.3) is 10.8 Å². The van der Waals surface area contributed by atoms with E-state index in [4.69, 9.17) is 0 Å². The molecule has 0 atom stereocenters. The Hall–Kier alpha value is -2.27. The summed E-state index contributed by atoms with van der Waals surface area (Å²) in [5.41, 5.74) is 1.97. The van der Waals surface area contributed by atoms with Gasteiger partial charge >= 0.3 is 0 Å². The predicted octanol–water partition coefficient (Wildman–Crippen LogP) is 5.14. The zero-order valence-electron chi connectivity index (χ0n) is 10.4. The normalized spacial score (nSPS) is 10.4. The van der Waals surface area contributed by atoms with Crippen LogP contribution in [0.3, 0.4) is 0 Å². The molecule has 3 rings (SSSR count). The van der Waals surface area contributed by atoms with Crippen molar-refractivity contribution in [2.45, 2.75) is 0 Å². The second-order valence-electron chi connectivity index (χ2n) is 4.28. The molecule has 1 N–H and O–H groups in total. The lowest BCUT2D eigenvalue weighted by Gasteiger charge is -2.10. The molecule has 1 aromatic heterocycles. The number of hydrogen-bond donors (Lipinski definition) is 1. The number of hydrogen-bond acceptors (Lipinski definition) is 4. The molecule has 0 saturated heterocycles. The lowest BCUT2D eigenvalue weighted by atomic mass is 10.1. The van der Waals surface area contributed by atoms with Crippen molar-refractivity contribution in [2.75, 3.05) is 5.32 Å². The van der Waals surface area contributed by atoms with E-state index in [1.807, 2.05) is 36.4 Å². The number of pyridine rings is 1. The third-order valence-corrected chi connectivity index (χ3v) is 3.53. The maximum atomic E-state index is 11.2. The van der Waals surface area contributed by atoms with Gasteiger partial charge in [0.1, 0.15) is 5.69 Å². The minimum atomic E-state index is 0.396. The topological polar surface area (TPSA) is 54.4 Å². The fourth-order valence-electron chi connectivity index (χ4n) is 2.04. The van der Waals surface area contributed by atoms with Gasteiger partial charge in [-0.3, -0.25) is 4.98 Å². The highest BCUT2D eigenvalue weighted by Crippen LogP contribution is 2.35. The summed E-state index contributed by atoms with van der Waals surface area (Å²) in [5.74, 6) is 0. The van der Waals surface area contributed by atoms with E-state index in [0.717, 1.165) is 20.9 Å². The number of nitrogens with zero attached hydrogens (tertiary/aromatic N) is 2. The number of nitroso groups, excluding NO2 is 1. The second kappa shape index (κ2) is 5.38. The van der Waals surface area contributed by atoms with Crippen LogP contribution < -0.4 is 5.32 Å². The van der Waals surface area contributed by atoms with E-state index in [1.165, 1.54) is 0 Å². The van der Waals surface area contributed by atoms with Crippen molar-refractivity contribution in [3.63, 3.8) is 0 Å². The summed E-state index contributed by atoms with van der Waals surface area (Å²) >= 11 is 3.39. The number of nitrogens with one attached hydrogen (secondary N) is 1. The molecule has 0 aliphatic rings. The highest BCUT2D eigenvalue weighted by atomic mass is 79.9. The van der Waals surface area contributed by atoms with E-state index in [2.05, 4.69) is 31.4 Å². The largest absolute Gasteiger partial charge is 0.354 e. The number of benzene rings is 2. The summed E-state index contributed by atoms with van der Waals surface area (Å²) in [6.07, 6.45) is 3.37. The number of anilines is 2. The van der Waals surface area contributed by atoms with Crippen LogP contribution >= 0.6 is 15.9 Å². The van der Waals surface area contributed by atoms with Gasteiger partial charge in [-0.2, -0.15) is 0 Å². The molecule has 98 valence electrons. The first-order chi connectivity index (χ1) is 9.78. The van der Waals surface area contributed by atoms with Crippen LogP contribution in [-0.4, -0.2) is 4.98 Å². The lowest BCUT2D eigenvalue weighted by Crippen LogP contribution is -1.91. The Morgan fingerprint density at radius 3 is 2.60 bits per heavy atom. The van der Waals surface area contributed by atoms with Gasteiger partial charge in [0.05, 0.1) is 5.69 Å². The summed E-state index contributed by atoms with van der Waals surface area (Å²) < 4.78 is 1.00. The third-order valence-electron chi connectivity index (χ3n) is 3.01. The summed E-state index contributed by atoms with van der Waals surface area (Å²) in [5, 5.41) is 8.05. The van der Waals surface area contributed by atoms with Crippen molar-refractivity contribution in [2.24, 2.45) is 5.18 Å². The van der Waals surface area contributed by atoms with Gasteiger partial charge in [-0.05, 0) is 41.6 Å². The van der Waals surface area contributed by atoms with Gasteiger partial charge in [-0.15, -0.1) is 4.91 Å². The van der Waals surface area contributed by atoms with Gasteiger partial charge in [0, 0.05) is 33.3 Å². The molecule has 0 bridgehead atoms. The van der Waals surface area contributed by atoms with Gasteiger partial charge in [-0.1, -0.05) is 22.0 Å². The van der Waals surface area contributed by atoms with Crippen LogP contribution in [0.4, 0.5) is 17.1 Å². The molecule has 1 heterocycles. The number of rotatable bonds is 3. The van der Waals surface area contributed by atoms with E-state index in [0.29, 0.717) is 11.4 Å². The van der Waals surface area contributed by atoms with Crippen molar-refractivity contribution >= 4 is 43.8 Å². The maximum absolute atomic E-state index is 11.2. The maximum Gasteiger partial charge on any atom is 0.139 e. The molecule has 20 heavy (non-hydrogen) atoms. The second-order valence-corrected chi connectivity index (χ2v) is 5.20. The van der Waals surface area contributed by atoms with Gasteiger partial charge in [0.2, 0.25) is 0 Å². The standard InChI is InChI=1S/C15H10BrN3O/c16-11-2-4-12(5-3-11)18-14-6-1-10-9-17-8-7-13(10)15(14)19-20/h1-9,18H. The Morgan fingerprint density at radius 2 is 1.85 bits per heavy atom. The Balaban J connectivity index is 2.07. The third kappa shape index (κ3) is 2.40. The average Bonchev–Trinajstić information content (AvgIpc) is 2.49. The molecule has 0 saturated carbocycles. The Morgan fingerprint density at radius 1 is 1.05 bits per heavy atom. The van der Waals surface area contributed by atoms with Gasteiger partial charge in [0.25, 0.3) is 0 Å². The average molecular weight is 328 g/mol. The van der Waals surface area contributed by atoms with Crippen LogP contribution in [0, 0.1) is 4.91 Å². The smallest absolute Gasteiger partial charge is 0.139 e. The number of aromatic nitrogens is 1. The molecule has 2 aromatic carbocycles. The first-order valence-corrected chi connectivity index (χ1v) is 6.80. The molecule has 0 aliphatic carbocycles. The zero-order chi connectivity index (χ0) is 13.9. The first-order valence-electron chi connectivity index (χ1n) is 6.00. The molecule has 0 radical (unpaired) electrons. The number of halogens is 1. The SMILES string of the molecule is O=Nc1c(Nc2ccc(Br)cc2)ccc2cnccc12. The van der Waals surface area contributed by atoms with E-state index in [1.54, 1.807) is 18.5 Å². The highest BCUT2D eigenvalue weighted by Gasteiger charge is 2.08. The Labute approximate surface area is 124 Å². The van der Waals surface area contributed by atoms with Crippen LogP contribution in [0.1, 0.15) is 0 Å². The van der Waals surface area contributed by atoms with E-state index < -0.39 is 0 Å². The Kier molecular flexibility index (Phi) is 3.43. The zero-order valence-corrected chi connectivity index (χ0v) is 12.0. The summed E-state index contributed by atoms with van der Waals surface area (Å²) in [7, 11) is 0. The van der Waals surface area contributed by atoms with E-state index in [-0.39, 0.29) is 0 Å². The summed E-state index contributed by atoms with van der Waals surface area (Å²) in [4.78, 5) is 15.2. The minimum absolute atomic E-state index is 0.396. The van der Waals surface area contributed by atoms with Crippen molar-refractivity contribution in [1.29, 1.82) is 0 Å². The monoisotopic (exact) mass is 327 g/mol. The minimum Gasteiger partial charge on any atom is -0.354 e. The van der Waals surface area contributed by atoms with Gasteiger partial charge < -0.3 is 5.32 Å². The molecule has 0 spiro atoms. The summed E-state index contributed by atoms with van der Waals surface area (Å²) in [6, 6.07) is 13.3. The molecule has 0 fully saturated rings. The molecular weight excluding hydrogens is 318 g/mol. The molecule has 4 nitrogen and oxygen atoms in total. The van der Waals surface area contributed by atoms with Crippen molar-refractivity contribution in [3.8, 4) is 0 Å². The first kappa shape index (κ1) is 12.7. The van der Waals surface area contributed by atoms with E-state index in [9.17, 15) is 4.91 Å². The van der Waals surface area contributed by atoms with Crippen LogP contribution in [0.2, 0.25) is 0 Å². The number of fused-ring (bicyclic) bond motifs is 1. The van der Waals surface area contributed by atoms with Crippen molar-refractivity contribution in [1.82, 2.24) is 4.98 Å². The van der Waals surface area contributed by atoms with Crippen LogP contribution in [-0.2, 0) is 0 Å². The van der Waals surface area contributed by atoms with Crippen LogP contribution in [0.5, 0.6) is 0 Å². The molecule has 0 aliphatic heterocycles. The predicted molar refractivity (Wildman–Crippen MR) is 84.6 cm³/mol. The molecule has 0 amide bonds. The molecule has 3 aromatic rings. The van der Waals surface area contributed by atoms with Crippen molar-refractivity contribution in [3.05, 3.63) is 64.2 Å². The van der Waals surface area contributed by atoms with Gasteiger partial charge in [0.15, 0.2) is 0 Å². The highest BCUT2D eigenvalue weighted by molar-refractivity contribution is 9.10. The van der Waals surface area contributed by atoms with Crippen molar-refractivity contribution < 1.29 is 0 Å². The quantitative estimate of drug-likeness (QED) is 0.677.